The van der Waals surface area contributed by atoms with Gasteiger partial charge in [0.25, 0.3) is 11.8 Å². The van der Waals surface area contributed by atoms with Crippen LogP contribution in [-0.2, 0) is 17.6 Å². The molecule has 3 aromatic rings. The summed E-state index contributed by atoms with van der Waals surface area (Å²) in [4.78, 5) is 28.4. The summed E-state index contributed by atoms with van der Waals surface area (Å²) in [6.45, 7) is 4.99. The number of nitrogens with zero attached hydrogens (tertiary/aromatic N) is 3. The molecule has 2 amide bonds. The SMILES string of the molecule is C[C@@H]1CN(C(=O)c2ccccc2NC(=O)c2nn(-c3ccccc3)c3c2CCC3)C[C@@H](C)O1. The molecule has 5 rings (SSSR count). The molecule has 2 atom stereocenters. The lowest BCUT2D eigenvalue weighted by atomic mass is 10.1. The number of carbonyl (C=O) groups excluding carboxylic acids is 2. The summed E-state index contributed by atoms with van der Waals surface area (Å²) in [6.07, 6.45) is 2.68. The Balaban J connectivity index is 1.42. The molecule has 1 aliphatic carbocycles. The van der Waals surface area contributed by atoms with E-state index in [0.29, 0.717) is 30.0 Å². The molecule has 2 heterocycles. The lowest BCUT2D eigenvalue weighted by Crippen LogP contribution is -2.48. The van der Waals surface area contributed by atoms with Crippen molar-refractivity contribution in [1.82, 2.24) is 14.7 Å². The van der Waals surface area contributed by atoms with Crippen molar-refractivity contribution >= 4 is 17.5 Å². The highest BCUT2D eigenvalue weighted by atomic mass is 16.5. The molecule has 0 saturated carbocycles. The number of hydrogen-bond donors (Lipinski definition) is 1. The van der Waals surface area contributed by atoms with Gasteiger partial charge in [-0.25, -0.2) is 4.68 Å². The van der Waals surface area contributed by atoms with Crippen molar-refractivity contribution in [3.8, 4) is 5.69 Å². The average molecular weight is 445 g/mol. The van der Waals surface area contributed by atoms with Crippen molar-refractivity contribution in [2.45, 2.75) is 45.3 Å². The second-order valence-corrected chi connectivity index (χ2v) is 8.84. The first-order valence-electron chi connectivity index (χ1n) is 11.5. The number of anilines is 1. The van der Waals surface area contributed by atoms with Gasteiger partial charge in [0.1, 0.15) is 0 Å². The number of ether oxygens (including phenoxy) is 1. The Morgan fingerprint density at radius 2 is 1.67 bits per heavy atom. The quantitative estimate of drug-likeness (QED) is 0.663. The van der Waals surface area contributed by atoms with Crippen molar-refractivity contribution in [2.24, 2.45) is 0 Å². The maximum atomic E-state index is 13.3. The lowest BCUT2D eigenvalue weighted by molar-refractivity contribution is -0.0585. The second-order valence-electron chi connectivity index (χ2n) is 8.84. The van der Waals surface area contributed by atoms with Crippen LogP contribution in [0.4, 0.5) is 5.69 Å². The van der Waals surface area contributed by atoms with Crippen LogP contribution in [0.2, 0.25) is 0 Å². The maximum absolute atomic E-state index is 13.3. The van der Waals surface area contributed by atoms with Crippen LogP contribution in [0.15, 0.2) is 54.6 Å². The third kappa shape index (κ3) is 4.16. The monoisotopic (exact) mass is 444 g/mol. The maximum Gasteiger partial charge on any atom is 0.276 e. The Morgan fingerprint density at radius 3 is 2.42 bits per heavy atom. The smallest absolute Gasteiger partial charge is 0.276 e. The van der Waals surface area contributed by atoms with Crippen molar-refractivity contribution in [1.29, 1.82) is 0 Å². The zero-order chi connectivity index (χ0) is 22.9. The highest BCUT2D eigenvalue weighted by molar-refractivity contribution is 6.09. The minimum atomic E-state index is -0.285. The first-order chi connectivity index (χ1) is 16.0. The molecule has 2 aromatic carbocycles. The van der Waals surface area contributed by atoms with E-state index in [1.807, 2.05) is 61.0 Å². The minimum Gasteiger partial charge on any atom is -0.372 e. The molecule has 2 aliphatic rings. The first-order valence-corrected chi connectivity index (χ1v) is 11.5. The third-order valence-electron chi connectivity index (χ3n) is 6.26. The highest BCUT2D eigenvalue weighted by Crippen LogP contribution is 2.29. The van der Waals surface area contributed by atoms with E-state index >= 15 is 0 Å². The van der Waals surface area contributed by atoms with E-state index in [-0.39, 0.29) is 24.0 Å². The topological polar surface area (TPSA) is 76.5 Å². The van der Waals surface area contributed by atoms with Crippen LogP contribution in [-0.4, -0.2) is 51.8 Å². The summed E-state index contributed by atoms with van der Waals surface area (Å²) in [5.41, 5.74) is 4.44. The minimum absolute atomic E-state index is 0.0241. The standard InChI is InChI=1S/C26H28N4O3/c1-17-15-29(16-18(2)33-17)26(32)20-11-6-7-13-22(20)27-25(31)24-21-12-8-14-23(21)30(28-24)19-9-4-3-5-10-19/h3-7,9-11,13,17-18H,8,12,14-16H2,1-2H3,(H,27,31)/t17-,18-/m1/s1. The number of para-hydroxylation sites is 2. The van der Waals surface area contributed by atoms with Crippen molar-refractivity contribution in [3.63, 3.8) is 0 Å². The summed E-state index contributed by atoms with van der Waals surface area (Å²) < 4.78 is 7.64. The fourth-order valence-corrected chi connectivity index (χ4v) is 4.88. The van der Waals surface area contributed by atoms with Crippen molar-refractivity contribution < 1.29 is 14.3 Å². The number of aromatic nitrogens is 2. The number of hydrogen-bond acceptors (Lipinski definition) is 4. The number of nitrogens with one attached hydrogen (secondary N) is 1. The van der Waals surface area contributed by atoms with Gasteiger partial charge in [-0.2, -0.15) is 5.10 Å². The highest BCUT2D eigenvalue weighted by Gasteiger charge is 2.30. The van der Waals surface area contributed by atoms with E-state index in [9.17, 15) is 9.59 Å². The molecule has 1 fully saturated rings. The van der Waals surface area contributed by atoms with Crippen LogP contribution in [0.1, 0.15) is 52.4 Å². The molecule has 1 saturated heterocycles. The predicted octanol–water partition coefficient (Wildman–Crippen LogP) is 3.86. The summed E-state index contributed by atoms with van der Waals surface area (Å²) in [5.74, 6) is -0.389. The van der Waals surface area contributed by atoms with Gasteiger partial charge in [0.2, 0.25) is 0 Å². The Labute approximate surface area is 193 Å². The average Bonchev–Trinajstić information content (AvgIpc) is 3.42. The van der Waals surface area contributed by atoms with Crippen LogP contribution in [0.25, 0.3) is 5.69 Å². The zero-order valence-electron chi connectivity index (χ0n) is 19.0. The van der Waals surface area contributed by atoms with E-state index in [0.717, 1.165) is 36.2 Å². The molecule has 0 unspecified atom stereocenters. The summed E-state index contributed by atoms with van der Waals surface area (Å²) in [5, 5.41) is 7.65. The fourth-order valence-electron chi connectivity index (χ4n) is 4.88. The van der Waals surface area contributed by atoms with Gasteiger partial charge in [0, 0.05) is 24.3 Å². The van der Waals surface area contributed by atoms with Gasteiger partial charge in [0.05, 0.1) is 29.1 Å². The normalized spacial score (nSPS) is 19.9. The molecule has 33 heavy (non-hydrogen) atoms. The Kier molecular flexibility index (Phi) is 5.72. The molecule has 7 nitrogen and oxygen atoms in total. The molecule has 7 heteroatoms. The van der Waals surface area contributed by atoms with Gasteiger partial charge in [-0.3, -0.25) is 9.59 Å². The molecule has 0 bridgehead atoms. The van der Waals surface area contributed by atoms with Crippen molar-refractivity contribution in [2.75, 3.05) is 18.4 Å². The number of fused-ring (bicyclic) bond motifs is 1. The third-order valence-corrected chi connectivity index (χ3v) is 6.26. The molecular formula is C26H28N4O3. The van der Waals surface area contributed by atoms with E-state index in [2.05, 4.69) is 10.4 Å². The largest absolute Gasteiger partial charge is 0.372 e. The zero-order valence-corrected chi connectivity index (χ0v) is 19.0. The van der Waals surface area contributed by atoms with Crippen LogP contribution >= 0.6 is 0 Å². The number of carbonyl (C=O) groups is 2. The molecule has 1 N–H and O–H groups in total. The van der Waals surface area contributed by atoms with Crippen LogP contribution in [0.3, 0.4) is 0 Å². The molecule has 0 spiro atoms. The predicted molar refractivity (Wildman–Crippen MR) is 126 cm³/mol. The molecule has 1 aromatic heterocycles. The molecule has 170 valence electrons. The van der Waals surface area contributed by atoms with E-state index in [4.69, 9.17) is 4.74 Å². The Bertz CT molecular complexity index is 1180. The molecule has 1 aliphatic heterocycles. The van der Waals surface area contributed by atoms with Gasteiger partial charge in [-0.15, -0.1) is 0 Å². The molecule has 0 radical (unpaired) electrons. The Hall–Kier alpha value is -3.45. The summed E-state index contributed by atoms with van der Waals surface area (Å²) in [7, 11) is 0. The molecular weight excluding hydrogens is 416 g/mol. The first kappa shape index (κ1) is 21.4. The van der Waals surface area contributed by atoms with Crippen LogP contribution in [0.5, 0.6) is 0 Å². The van der Waals surface area contributed by atoms with Crippen molar-refractivity contribution in [3.05, 3.63) is 77.1 Å². The number of amides is 2. The van der Waals surface area contributed by atoms with Gasteiger partial charge in [-0.1, -0.05) is 30.3 Å². The van der Waals surface area contributed by atoms with Gasteiger partial charge >= 0.3 is 0 Å². The van der Waals surface area contributed by atoms with Gasteiger partial charge < -0.3 is 15.0 Å². The summed E-state index contributed by atoms with van der Waals surface area (Å²) in [6, 6.07) is 17.0. The van der Waals surface area contributed by atoms with E-state index in [1.165, 1.54) is 0 Å². The van der Waals surface area contributed by atoms with Gasteiger partial charge in [-0.05, 0) is 57.4 Å². The van der Waals surface area contributed by atoms with Crippen LogP contribution in [0, 0.1) is 0 Å². The fraction of sp³-hybridized carbons (Fsp3) is 0.346. The van der Waals surface area contributed by atoms with E-state index in [1.54, 1.807) is 17.0 Å². The van der Waals surface area contributed by atoms with Gasteiger partial charge in [0.15, 0.2) is 5.69 Å². The van der Waals surface area contributed by atoms with E-state index < -0.39 is 0 Å². The summed E-state index contributed by atoms with van der Waals surface area (Å²) >= 11 is 0. The lowest BCUT2D eigenvalue weighted by Gasteiger charge is -2.35. The van der Waals surface area contributed by atoms with Crippen LogP contribution < -0.4 is 5.32 Å². The second kappa shape index (κ2) is 8.83. The Morgan fingerprint density at radius 1 is 0.970 bits per heavy atom. The number of benzene rings is 2. The number of morpholine rings is 1. The number of rotatable bonds is 4.